The Kier molecular flexibility index (Phi) is 5.70. The van der Waals surface area contributed by atoms with Crippen molar-refractivity contribution in [2.45, 2.75) is 17.4 Å². The molecule has 2 aromatic rings. The zero-order chi connectivity index (χ0) is 16.9. The number of aromatic nitrogens is 1. The Bertz CT molecular complexity index is 764. The third-order valence-corrected chi connectivity index (χ3v) is 4.76. The molecule has 1 heterocycles. The number of ether oxygens (including phenoxy) is 1. The number of halogens is 1. The topological polar surface area (TPSA) is 85.4 Å². The summed E-state index contributed by atoms with van der Waals surface area (Å²) in [6, 6.07) is 10.7. The van der Waals surface area contributed by atoms with Gasteiger partial charge in [-0.05, 0) is 24.1 Å². The number of methoxy groups -OCH3 is 1. The van der Waals surface area contributed by atoms with Crippen LogP contribution < -0.4 is 4.72 Å². The molecule has 0 saturated carbocycles. The maximum Gasteiger partial charge on any atom is 0.324 e. The van der Waals surface area contributed by atoms with Crippen LogP contribution in [0.4, 0.5) is 0 Å². The molecule has 0 aliphatic carbocycles. The van der Waals surface area contributed by atoms with Gasteiger partial charge in [0.25, 0.3) is 0 Å². The number of carbonyl (C=O) groups is 1. The van der Waals surface area contributed by atoms with Crippen LogP contribution in [-0.4, -0.2) is 32.5 Å². The Labute approximate surface area is 139 Å². The van der Waals surface area contributed by atoms with E-state index in [1.807, 2.05) is 6.07 Å². The number of esters is 1. The molecule has 1 aromatic carbocycles. The third-order valence-electron chi connectivity index (χ3n) is 3.08. The van der Waals surface area contributed by atoms with E-state index in [0.29, 0.717) is 0 Å². The van der Waals surface area contributed by atoms with Gasteiger partial charge in [-0.25, -0.2) is 13.4 Å². The number of nitrogens with one attached hydrogen (secondary N) is 1. The molecule has 0 radical (unpaired) electrons. The first-order chi connectivity index (χ1) is 10.9. The number of sulfonamides is 1. The summed E-state index contributed by atoms with van der Waals surface area (Å²) >= 11 is 5.65. The fourth-order valence-corrected chi connectivity index (χ4v) is 3.18. The standard InChI is InChI=1S/C15H15ClN2O4S/c1-22-15(19)13(9-11-5-3-2-4-6-11)18-23(20,21)12-7-8-14(16)17-10-12/h2-8,10,13,18H,9H2,1H3/t13-/m0/s1. The Morgan fingerprint density at radius 2 is 1.96 bits per heavy atom. The van der Waals surface area contributed by atoms with Crippen molar-refractivity contribution in [3.63, 3.8) is 0 Å². The van der Waals surface area contributed by atoms with Crippen LogP contribution in [-0.2, 0) is 26.0 Å². The van der Waals surface area contributed by atoms with Gasteiger partial charge in [0.1, 0.15) is 16.1 Å². The molecular formula is C15H15ClN2O4S. The molecule has 0 amide bonds. The highest BCUT2D eigenvalue weighted by Crippen LogP contribution is 2.13. The van der Waals surface area contributed by atoms with Gasteiger partial charge >= 0.3 is 5.97 Å². The summed E-state index contributed by atoms with van der Waals surface area (Å²) in [5, 5.41) is 0.178. The highest BCUT2D eigenvalue weighted by molar-refractivity contribution is 7.89. The van der Waals surface area contributed by atoms with E-state index >= 15 is 0 Å². The number of nitrogens with zero attached hydrogens (tertiary/aromatic N) is 1. The maximum atomic E-state index is 12.4. The van der Waals surface area contributed by atoms with Crippen molar-refractivity contribution in [1.29, 1.82) is 0 Å². The van der Waals surface area contributed by atoms with Crippen molar-refractivity contribution in [1.82, 2.24) is 9.71 Å². The van der Waals surface area contributed by atoms with E-state index in [9.17, 15) is 13.2 Å². The molecule has 1 N–H and O–H groups in total. The van der Waals surface area contributed by atoms with E-state index in [1.54, 1.807) is 24.3 Å². The van der Waals surface area contributed by atoms with Crippen LogP contribution in [0.3, 0.4) is 0 Å². The lowest BCUT2D eigenvalue weighted by Crippen LogP contribution is -2.43. The molecule has 0 saturated heterocycles. The maximum absolute atomic E-state index is 12.4. The largest absolute Gasteiger partial charge is 0.468 e. The van der Waals surface area contributed by atoms with Gasteiger partial charge in [0.05, 0.1) is 7.11 Å². The summed E-state index contributed by atoms with van der Waals surface area (Å²) < 4.78 is 31.8. The zero-order valence-electron chi connectivity index (χ0n) is 12.3. The Morgan fingerprint density at radius 1 is 1.26 bits per heavy atom. The van der Waals surface area contributed by atoms with Gasteiger partial charge in [-0.3, -0.25) is 4.79 Å². The lowest BCUT2D eigenvalue weighted by atomic mass is 10.1. The normalized spacial score (nSPS) is 12.6. The van der Waals surface area contributed by atoms with Crippen LogP contribution in [0.15, 0.2) is 53.6 Å². The summed E-state index contributed by atoms with van der Waals surface area (Å²) in [5.74, 6) is -0.667. The van der Waals surface area contributed by atoms with Crippen molar-refractivity contribution in [3.05, 3.63) is 59.4 Å². The van der Waals surface area contributed by atoms with Gasteiger partial charge in [-0.15, -0.1) is 0 Å². The highest BCUT2D eigenvalue weighted by Gasteiger charge is 2.26. The number of hydrogen-bond acceptors (Lipinski definition) is 5. The molecule has 0 fully saturated rings. The lowest BCUT2D eigenvalue weighted by molar-refractivity contribution is -0.142. The minimum absolute atomic E-state index is 0.0798. The molecule has 2 rings (SSSR count). The van der Waals surface area contributed by atoms with E-state index in [-0.39, 0.29) is 16.5 Å². The Balaban J connectivity index is 2.23. The minimum atomic E-state index is -3.92. The highest BCUT2D eigenvalue weighted by atomic mass is 35.5. The molecule has 23 heavy (non-hydrogen) atoms. The summed E-state index contributed by atoms with van der Waals surface area (Å²) in [4.78, 5) is 15.5. The predicted molar refractivity (Wildman–Crippen MR) is 85.5 cm³/mol. The molecule has 0 aliphatic rings. The first-order valence-electron chi connectivity index (χ1n) is 6.68. The average Bonchev–Trinajstić information content (AvgIpc) is 2.54. The average molecular weight is 355 g/mol. The second kappa shape index (κ2) is 7.54. The fourth-order valence-electron chi connectivity index (χ4n) is 1.94. The zero-order valence-corrected chi connectivity index (χ0v) is 13.8. The summed E-state index contributed by atoms with van der Waals surface area (Å²) in [7, 11) is -2.72. The Morgan fingerprint density at radius 3 is 2.52 bits per heavy atom. The van der Waals surface area contributed by atoms with Crippen molar-refractivity contribution < 1.29 is 17.9 Å². The van der Waals surface area contributed by atoms with Gasteiger partial charge in [0, 0.05) is 6.20 Å². The van der Waals surface area contributed by atoms with Crippen molar-refractivity contribution in [3.8, 4) is 0 Å². The molecule has 0 aliphatic heterocycles. The first-order valence-corrected chi connectivity index (χ1v) is 8.54. The van der Waals surface area contributed by atoms with E-state index in [4.69, 9.17) is 11.6 Å². The minimum Gasteiger partial charge on any atom is -0.468 e. The third kappa shape index (κ3) is 4.75. The van der Waals surface area contributed by atoms with Crippen LogP contribution in [0.1, 0.15) is 5.56 Å². The number of pyridine rings is 1. The molecule has 6 nitrogen and oxygen atoms in total. The van der Waals surface area contributed by atoms with Crippen molar-refractivity contribution in [2.24, 2.45) is 0 Å². The second-order valence-electron chi connectivity index (χ2n) is 4.70. The monoisotopic (exact) mass is 354 g/mol. The molecule has 0 spiro atoms. The first kappa shape index (κ1) is 17.4. The SMILES string of the molecule is COC(=O)[C@H](Cc1ccccc1)NS(=O)(=O)c1ccc(Cl)nc1. The van der Waals surface area contributed by atoms with Gasteiger partial charge < -0.3 is 4.74 Å². The van der Waals surface area contributed by atoms with E-state index < -0.39 is 22.0 Å². The summed E-state index contributed by atoms with van der Waals surface area (Å²) in [6.07, 6.45) is 1.30. The number of rotatable bonds is 6. The van der Waals surface area contributed by atoms with Crippen molar-refractivity contribution >= 4 is 27.6 Å². The number of benzene rings is 1. The second-order valence-corrected chi connectivity index (χ2v) is 6.80. The molecule has 1 aromatic heterocycles. The molecule has 0 unspecified atom stereocenters. The van der Waals surface area contributed by atoms with Crippen molar-refractivity contribution in [2.75, 3.05) is 7.11 Å². The van der Waals surface area contributed by atoms with Crippen LogP contribution >= 0.6 is 11.6 Å². The summed E-state index contributed by atoms with van der Waals surface area (Å²) in [5.41, 5.74) is 0.805. The smallest absolute Gasteiger partial charge is 0.324 e. The Hall–Kier alpha value is -1.96. The fraction of sp³-hybridized carbons (Fsp3) is 0.200. The van der Waals surface area contributed by atoms with Gasteiger partial charge in [-0.2, -0.15) is 4.72 Å². The predicted octanol–water partition coefficient (Wildman–Crippen LogP) is 1.80. The van der Waals surface area contributed by atoms with E-state index in [1.165, 1.54) is 19.2 Å². The quantitative estimate of drug-likeness (QED) is 0.631. The van der Waals surface area contributed by atoms with E-state index in [0.717, 1.165) is 11.8 Å². The van der Waals surface area contributed by atoms with Gasteiger partial charge in [0.2, 0.25) is 10.0 Å². The molecule has 0 bridgehead atoms. The van der Waals surface area contributed by atoms with Crippen LogP contribution in [0.2, 0.25) is 5.15 Å². The molecular weight excluding hydrogens is 340 g/mol. The van der Waals surface area contributed by atoms with Gasteiger partial charge in [0.15, 0.2) is 0 Å². The number of carbonyl (C=O) groups excluding carboxylic acids is 1. The van der Waals surface area contributed by atoms with Crippen LogP contribution in [0.5, 0.6) is 0 Å². The lowest BCUT2D eigenvalue weighted by Gasteiger charge is -2.16. The molecule has 8 heteroatoms. The number of hydrogen-bond donors (Lipinski definition) is 1. The van der Waals surface area contributed by atoms with Gasteiger partial charge in [-0.1, -0.05) is 41.9 Å². The van der Waals surface area contributed by atoms with Crippen LogP contribution in [0.25, 0.3) is 0 Å². The summed E-state index contributed by atoms with van der Waals surface area (Å²) in [6.45, 7) is 0. The molecule has 122 valence electrons. The molecule has 1 atom stereocenters. The van der Waals surface area contributed by atoms with E-state index in [2.05, 4.69) is 14.4 Å². The van der Waals surface area contributed by atoms with Crippen LogP contribution in [0, 0.1) is 0 Å².